The van der Waals surface area contributed by atoms with Crippen LogP contribution in [0.25, 0.3) is 0 Å². The summed E-state index contributed by atoms with van der Waals surface area (Å²) in [6, 6.07) is 0.513. The van der Waals surface area contributed by atoms with Crippen molar-refractivity contribution in [1.82, 2.24) is 5.32 Å². The van der Waals surface area contributed by atoms with Crippen LogP contribution < -0.4 is 5.32 Å². The van der Waals surface area contributed by atoms with Gasteiger partial charge in [-0.2, -0.15) is 11.8 Å². The average Bonchev–Trinajstić information content (AvgIpc) is 2.15. The molecule has 0 aromatic carbocycles. The molecule has 0 aromatic heterocycles. The van der Waals surface area contributed by atoms with Gasteiger partial charge in [-0.3, -0.25) is 0 Å². The van der Waals surface area contributed by atoms with Gasteiger partial charge in [0.1, 0.15) is 0 Å². The van der Waals surface area contributed by atoms with Crippen LogP contribution in [-0.4, -0.2) is 34.8 Å². The number of thioether (sulfide) groups is 1. The van der Waals surface area contributed by atoms with E-state index < -0.39 is 0 Å². The molecule has 0 spiro atoms. The Hall–Kier alpha value is 0.270. The van der Waals surface area contributed by atoms with E-state index in [2.05, 4.69) is 39.9 Å². The van der Waals surface area contributed by atoms with E-state index in [0.717, 1.165) is 12.3 Å². The molecular formula is C13H29NOS. The minimum atomic E-state index is -0.225. The lowest BCUT2D eigenvalue weighted by Gasteiger charge is -2.32. The summed E-state index contributed by atoms with van der Waals surface area (Å²) >= 11 is 1.86. The average molecular weight is 247 g/mol. The molecule has 2 nitrogen and oxygen atoms in total. The topological polar surface area (TPSA) is 32.3 Å². The molecular weight excluding hydrogens is 218 g/mol. The van der Waals surface area contributed by atoms with Gasteiger partial charge in [-0.15, -0.1) is 0 Å². The third-order valence-corrected chi connectivity index (χ3v) is 4.34. The molecule has 0 heterocycles. The first-order valence-electron chi connectivity index (χ1n) is 6.32. The van der Waals surface area contributed by atoms with Gasteiger partial charge in [0.05, 0.1) is 6.10 Å². The highest BCUT2D eigenvalue weighted by Gasteiger charge is 2.24. The molecule has 0 amide bonds. The highest BCUT2D eigenvalue weighted by molar-refractivity contribution is 7.99. The van der Waals surface area contributed by atoms with Crippen molar-refractivity contribution >= 4 is 11.8 Å². The molecule has 0 radical (unpaired) electrons. The van der Waals surface area contributed by atoms with Crippen molar-refractivity contribution in [2.24, 2.45) is 5.41 Å². The lowest BCUT2D eigenvalue weighted by Crippen LogP contribution is -2.43. The van der Waals surface area contributed by atoms with E-state index in [1.54, 1.807) is 0 Å². The molecule has 0 aliphatic heterocycles. The summed E-state index contributed by atoms with van der Waals surface area (Å²) in [5.41, 5.74) is 0.278. The largest absolute Gasteiger partial charge is 0.392 e. The van der Waals surface area contributed by atoms with E-state index in [9.17, 15) is 5.11 Å². The predicted molar refractivity (Wildman–Crippen MR) is 75.1 cm³/mol. The summed E-state index contributed by atoms with van der Waals surface area (Å²) in [4.78, 5) is 0. The van der Waals surface area contributed by atoms with E-state index in [-0.39, 0.29) is 11.5 Å². The Labute approximate surface area is 106 Å². The smallest absolute Gasteiger partial charge is 0.0628 e. The fourth-order valence-corrected chi connectivity index (χ4v) is 2.71. The fraction of sp³-hybridized carbons (Fsp3) is 1.00. The number of nitrogens with one attached hydrogen (secondary N) is 1. The fourth-order valence-electron chi connectivity index (χ4n) is 1.32. The summed E-state index contributed by atoms with van der Waals surface area (Å²) < 4.78 is 0. The van der Waals surface area contributed by atoms with E-state index in [0.29, 0.717) is 11.3 Å². The Morgan fingerprint density at radius 3 is 2.19 bits per heavy atom. The Kier molecular flexibility index (Phi) is 7.70. The van der Waals surface area contributed by atoms with Crippen LogP contribution in [0.2, 0.25) is 0 Å². The van der Waals surface area contributed by atoms with E-state index in [4.69, 9.17) is 0 Å². The van der Waals surface area contributed by atoms with Gasteiger partial charge in [0, 0.05) is 17.0 Å². The summed E-state index contributed by atoms with van der Waals surface area (Å²) in [6.45, 7) is 14.0. The maximum Gasteiger partial charge on any atom is 0.0628 e. The van der Waals surface area contributed by atoms with Crippen molar-refractivity contribution < 1.29 is 5.11 Å². The molecule has 0 aliphatic carbocycles. The van der Waals surface area contributed by atoms with Gasteiger partial charge in [-0.05, 0) is 25.3 Å². The number of aliphatic hydroxyl groups excluding tert-OH is 1. The van der Waals surface area contributed by atoms with Gasteiger partial charge >= 0.3 is 0 Å². The lowest BCUT2D eigenvalue weighted by molar-refractivity contribution is 0.196. The van der Waals surface area contributed by atoms with Gasteiger partial charge in [0.15, 0.2) is 0 Å². The first-order chi connectivity index (χ1) is 7.29. The van der Waals surface area contributed by atoms with Crippen molar-refractivity contribution in [2.45, 2.75) is 65.4 Å². The van der Waals surface area contributed by atoms with Crippen LogP contribution in [0.15, 0.2) is 0 Å². The Morgan fingerprint density at radius 1 is 1.25 bits per heavy atom. The van der Waals surface area contributed by atoms with Crippen LogP contribution in [0, 0.1) is 5.41 Å². The molecule has 3 atom stereocenters. The summed E-state index contributed by atoms with van der Waals surface area (Å²) in [5, 5.41) is 13.4. The number of aliphatic hydroxyl groups is 1. The first-order valence-corrected chi connectivity index (χ1v) is 7.37. The third kappa shape index (κ3) is 6.77. The van der Waals surface area contributed by atoms with Crippen molar-refractivity contribution in [2.75, 3.05) is 12.3 Å². The van der Waals surface area contributed by atoms with Crippen LogP contribution in [0.5, 0.6) is 0 Å². The number of hydrogen-bond donors (Lipinski definition) is 2. The zero-order chi connectivity index (χ0) is 12.8. The molecule has 3 unspecified atom stereocenters. The third-order valence-electron chi connectivity index (χ3n) is 2.89. The maximum absolute atomic E-state index is 9.47. The van der Waals surface area contributed by atoms with E-state index in [1.165, 1.54) is 6.42 Å². The molecule has 0 saturated heterocycles. The van der Waals surface area contributed by atoms with Crippen LogP contribution in [-0.2, 0) is 0 Å². The second kappa shape index (κ2) is 7.57. The van der Waals surface area contributed by atoms with Crippen molar-refractivity contribution in [3.05, 3.63) is 0 Å². The predicted octanol–water partition coefficient (Wildman–Crippen LogP) is 2.90. The molecule has 0 saturated carbocycles. The van der Waals surface area contributed by atoms with Crippen LogP contribution in [0.1, 0.15) is 48.0 Å². The lowest BCUT2D eigenvalue weighted by atomic mass is 9.88. The van der Waals surface area contributed by atoms with Gasteiger partial charge < -0.3 is 10.4 Å². The Balaban J connectivity index is 4.12. The van der Waals surface area contributed by atoms with Crippen LogP contribution >= 0.6 is 11.8 Å². The maximum atomic E-state index is 9.47. The second-order valence-electron chi connectivity index (χ2n) is 5.65. The molecule has 0 fully saturated rings. The first kappa shape index (κ1) is 16.3. The van der Waals surface area contributed by atoms with E-state index in [1.807, 2.05) is 18.7 Å². The molecule has 0 rings (SSSR count). The van der Waals surface area contributed by atoms with Gasteiger partial charge in [-0.1, -0.05) is 34.6 Å². The zero-order valence-electron chi connectivity index (χ0n) is 11.7. The molecule has 2 N–H and O–H groups in total. The highest BCUT2D eigenvalue weighted by atomic mass is 32.2. The molecule has 98 valence electrons. The minimum absolute atomic E-state index is 0.225. The Morgan fingerprint density at radius 2 is 1.81 bits per heavy atom. The van der Waals surface area contributed by atoms with Gasteiger partial charge in [0.25, 0.3) is 0 Å². The summed E-state index contributed by atoms with van der Waals surface area (Å²) in [6.07, 6.45) is 0.945. The zero-order valence-corrected chi connectivity index (χ0v) is 12.5. The van der Waals surface area contributed by atoms with Crippen molar-refractivity contribution in [1.29, 1.82) is 0 Å². The normalized spacial score (nSPS) is 18.2. The van der Waals surface area contributed by atoms with Gasteiger partial charge in [-0.25, -0.2) is 0 Å². The second-order valence-corrected chi connectivity index (χ2v) is 7.06. The number of rotatable bonds is 7. The standard InChI is InChI=1S/C13H29NOS/c1-7-8-14-12(13(4,5)6)9-16-11(3)10(2)15/h10-12,14-15H,7-9H2,1-6H3. The quantitative estimate of drug-likeness (QED) is 0.725. The van der Waals surface area contributed by atoms with E-state index >= 15 is 0 Å². The highest BCUT2D eigenvalue weighted by Crippen LogP contribution is 2.25. The Bertz CT molecular complexity index is 177. The minimum Gasteiger partial charge on any atom is -0.392 e. The molecule has 16 heavy (non-hydrogen) atoms. The molecule has 0 aliphatic rings. The molecule has 0 bridgehead atoms. The van der Waals surface area contributed by atoms with Crippen molar-refractivity contribution in [3.8, 4) is 0 Å². The monoisotopic (exact) mass is 247 g/mol. The van der Waals surface area contributed by atoms with Crippen LogP contribution in [0.3, 0.4) is 0 Å². The number of hydrogen-bond acceptors (Lipinski definition) is 3. The van der Waals surface area contributed by atoms with Gasteiger partial charge in [0.2, 0.25) is 0 Å². The molecule has 0 aromatic rings. The summed E-state index contributed by atoms with van der Waals surface area (Å²) in [5.74, 6) is 1.07. The summed E-state index contributed by atoms with van der Waals surface area (Å²) in [7, 11) is 0. The van der Waals surface area contributed by atoms with Crippen LogP contribution in [0.4, 0.5) is 0 Å². The SMILES string of the molecule is CCCNC(CSC(C)C(C)O)C(C)(C)C. The van der Waals surface area contributed by atoms with Crippen molar-refractivity contribution in [3.63, 3.8) is 0 Å². The molecule has 3 heteroatoms.